The summed E-state index contributed by atoms with van der Waals surface area (Å²) in [5.74, 6) is 0. The van der Waals surface area contributed by atoms with Crippen LogP contribution in [0.3, 0.4) is 0 Å². The van der Waals surface area contributed by atoms with Crippen molar-refractivity contribution in [2.24, 2.45) is 5.41 Å². The Hall–Kier alpha value is -0.410. The Labute approximate surface area is 97.1 Å². The van der Waals surface area contributed by atoms with E-state index in [0.29, 0.717) is 5.41 Å². The van der Waals surface area contributed by atoms with Gasteiger partial charge in [-0.3, -0.25) is 0 Å². The molecule has 3 heteroatoms. The van der Waals surface area contributed by atoms with Gasteiger partial charge in [-0.1, -0.05) is 20.8 Å². The molecule has 0 radical (unpaired) electrons. The van der Waals surface area contributed by atoms with E-state index in [1.54, 1.807) is 11.3 Å². The van der Waals surface area contributed by atoms with Crippen LogP contribution in [0.5, 0.6) is 0 Å². The molecule has 0 saturated carbocycles. The van der Waals surface area contributed by atoms with Crippen LogP contribution in [0, 0.1) is 5.41 Å². The van der Waals surface area contributed by atoms with Crippen LogP contribution in [0.15, 0.2) is 11.6 Å². The molecule has 1 aromatic heterocycles. The first-order valence-electron chi connectivity index (χ1n) is 5.67. The van der Waals surface area contributed by atoms with E-state index in [2.05, 4.69) is 31.1 Å². The molecule has 2 nitrogen and oxygen atoms in total. The molecule has 0 aromatic carbocycles. The summed E-state index contributed by atoms with van der Waals surface area (Å²) >= 11 is 1.76. The van der Waals surface area contributed by atoms with Crippen LogP contribution in [-0.4, -0.2) is 18.1 Å². The number of hydrogen-bond acceptors (Lipinski definition) is 3. The fourth-order valence-corrected chi connectivity index (χ4v) is 2.03. The van der Waals surface area contributed by atoms with E-state index in [-0.39, 0.29) is 0 Å². The molecule has 0 bridgehead atoms. The number of nitrogens with zero attached hydrogens (tertiary/aromatic N) is 1. The maximum Gasteiger partial charge on any atom is 0.0924 e. The number of aromatic nitrogens is 1. The van der Waals surface area contributed by atoms with Gasteiger partial charge in [0.25, 0.3) is 0 Å². The smallest absolute Gasteiger partial charge is 0.0924 e. The highest BCUT2D eigenvalue weighted by molar-refractivity contribution is 7.09. The first-order valence-corrected chi connectivity index (χ1v) is 6.55. The zero-order chi connectivity index (χ0) is 11.1. The van der Waals surface area contributed by atoms with Crippen molar-refractivity contribution in [3.05, 3.63) is 16.6 Å². The second-order valence-corrected chi connectivity index (χ2v) is 6.10. The van der Waals surface area contributed by atoms with Crippen molar-refractivity contribution in [3.8, 4) is 0 Å². The van der Waals surface area contributed by atoms with Crippen molar-refractivity contribution in [1.29, 1.82) is 0 Å². The van der Waals surface area contributed by atoms with Gasteiger partial charge in [-0.25, -0.2) is 4.98 Å². The summed E-state index contributed by atoms with van der Waals surface area (Å²) in [7, 11) is 0. The molecule has 0 amide bonds. The number of rotatable bonds is 6. The first-order chi connectivity index (χ1) is 7.08. The molecule has 1 aromatic rings. The van der Waals surface area contributed by atoms with Crippen molar-refractivity contribution in [3.63, 3.8) is 0 Å². The number of aryl methyl sites for hydroxylation is 1. The van der Waals surface area contributed by atoms with Crippen LogP contribution in [0.4, 0.5) is 0 Å². The van der Waals surface area contributed by atoms with E-state index in [1.807, 2.05) is 11.6 Å². The van der Waals surface area contributed by atoms with Gasteiger partial charge >= 0.3 is 0 Å². The Kier molecular flexibility index (Phi) is 5.26. The Bertz CT molecular complexity index is 249. The maximum absolute atomic E-state index is 4.27. The number of thiazole rings is 1. The third kappa shape index (κ3) is 6.63. The van der Waals surface area contributed by atoms with Crippen LogP contribution in [0.2, 0.25) is 0 Å². The van der Waals surface area contributed by atoms with Crippen molar-refractivity contribution in [2.45, 2.75) is 40.0 Å². The van der Waals surface area contributed by atoms with Gasteiger partial charge in [0.2, 0.25) is 0 Å². The lowest BCUT2D eigenvalue weighted by Gasteiger charge is -2.18. The minimum Gasteiger partial charge on any atom is -0.316 e. The van der Waals surface area contributed by atoms with E-state index in [4.69, 9.17) is 0 Å². The molecule has 0 saturated heterocycles. The summed E-state index contributed by atoms with van der Waals surface area (Å²) in [4.78, 5) is 4.27. The number of hydrogen-bond donors (Lipinski definition) is 1. The molecule has 1 rings (SSSR count). The molecule has 0 fully saturated rings. The molecule has 86 valence electrons. The normalized spacial score (nSPS) is 11.9. The predicted molar refractivity (Wildman–Crippen MR) is 67.4 cm³/mol. The zero-order valence-corrected chi connectivity index (χ0v) is 10.9. The van der Waals surface area contributed by atoms with Crippen molar-refractivity contribution >= 4 is 11.3 Å². The van der Waals surface area contributed by atoms with Gasteiger partial charge in [-0.15, -0.1) is 11.3 Å². The van der Waals surface area contributed by atoms with E-state index in [1.165, 1.54) is 17.8 Å². The summed E-state index contributed by atoms with van der Waals surface area (Å²) in [5, 5.41) is 6.81. The molecule has 0 aliphatic heterocycles. The summed E-state index contributed by atoms with van der Waals surface area (Å²) < 4.78 is 0. The molecular weight excluding hydrogens is 204 g/mol. The van der Waals surface area contributed by atoms with E-state index in [9.17, 15) is 0 Å². The summed E-state index contributed by atoms with van der Waals surface area (Å²) in [6.45, 7) is 9.01. The van der Waals surface area contributed by atoms with E-state index >= 15 is 0 Å². The van der Waals surface area contributed by atoms with Crippen molar-refractivity contribution < 1.29 is 0 Å². The first kappa shape index (κ1) is 12.7. The number of nitrogens with one attached hydrogen (secondary N) is 1. The van der Waals surface area contributed by atoms with Crippen LogP contribution < -0.4 is 5.32 Å². The second-order valence-electron chi connectivity index (χ2n) is 5.12. The summed E-state index contributed by atoms with van der Waals surface area (Å²) in [5.41, 5.74) is 0.398. The highest BCUT2D eigenvalue weighted by Crippen LogP contribution is 2.10. The second kappa shape index (κ2) is 6.23. The predicted octanol–water partition coefficient (Wildman–Crippen LogP) is 3.10. The highest BCUT2D eigenvalue weighted by Gasteiger charge is 2.08. The zero-order valence-electron chi connectivity index (χ0n) is 10.0. The molecule has 0 spiro atoms. The molecular formula is C12H22N2S. The third-order valence-corrected chi connectivity index (χ3v) is 2.97. The third-order valence-electron chi connectivity index (χ3n) is 2.13. The summed E-state index contributed by atoms with van der Waals surface area (Å²) in [6.07, 6.45) is 5.51. The van der Waals surface area contributed by atoms with Gasteiger partial charge in [0, 0.05) is 11.6 Å². The van der Waals surface area contributed by atoms with Gasteiger partial charge < -0.3 is 5.32 Å². The Morgan fingerprint density at radius 2 is 2.13 bits per heavy atom. The summed E-state index contributed by atoms with van der Waals surface area (Å²) in [6, 6.07) is 0. The lowest BCUT2D eigenvalue weighted by atomic mass is 9.97. The molecule has 0 atom stereocenters. The van der Waals surface area contributed by atoms with Gasteiger partial charge in [-0.2, -0.15) is 0 Å². The quantitative estimate of drug-likeness (QED) is 0.754. The Morgan fingerprint density at radius 3 is 2.73 bits per heavy atom. The van der Waals surface area contributed by atoms with Gasteiger partial charge in [0.15, 0.2) is 0 Å². The van der Waals surface area contributed by atoms with E-state index < -0.39 is 0 Å². The van der Waals surface area contributed by atoms with E-state index in [0.717, 1.165) is 19.5 Å². The fraction of sp³-hybridized carbons (Fsp3) is 0.750. The van der Waals surface area contributed by atoms with Crippen molar-refractivity contribution in [2.75, 3.05) is 13.1 Å². The fourth-order valence-electron chi connectivity index (χ4n) is 1.37. The van der Waals surface area contributed by atoms with Crippen LogP contribution >= 0.6 is 11.3 Å². The van der Waals surface area contributed by atoms with Crippen LogP contribution in [-0.2, 0) is 6.42 Å². The topological polar surface area (TPSA) is 24.9 Å². The van der Waals surface area contributed by atoms with Crippen LogP contribution in [0.1, 0.15) is 38.6 Å². The SMILES string of the molecule is CC(C)(C)CNCCCCc1nccs1. The molecule has 1 N–H and O–H groups in total. The molecule has 1 heterocycles. The minimum absolute atomic E-state index is 0.398. The Morgan fingerprint density at radius 1 is 1.33 bits per heavy atom. The molecule has 15 heavy (non-hydrogen) atoms. The minimum atomic E-state index is 0.398. The van der Waals surface area contributed by atoms with Crippen LogP contribution in [0.25, 0.3) is 0 Å². The lowest BCUT2D eigenvalue weighted by Crippen LogP contribution is -2.27. The van der Waals surface area contributed by atoms with Gasteiger partial charge in [0.1, 0.15) is 0 Å². The largest absolute Gasteiger partial charge is 0.316 e. The number of unbranched alkanes of at least 4 members (excludes halogenated alkanes) is 1. The maximum atomic E-state index is 4.27. The molecule has 0 unspecified atom stereocenters. The molecule has 0 aliphatic rings. The van der Waals surface area contributed by atoms with Crippen molar-refractivity contribution in [1.82, 2.24) is 10.3 Å². The highest BCUT2D eigenvalue weighted by atomic mass is 32.1. The average molecular weight is 226 g/mol. The lowest BCUT2D eigenvalue weighted by molar-refractivity contribution is 0.378. The van der Waals surface area contributed by atoms with Gasteiger partial charge in [-0.05, 0) is 37.8 Å². The molecule has 0 aliphatic carbocycles. The monoisotopic (exact) mass is 226 g/mol. The average Bonchev–Trinajstić information content (AvgIpc) is 2.61. The standard InChI is InChI=1S/C12H22N2S/c1-12(2,3)10-13-7-5-4-6-11-14-8-9-15-11/h8-9,13H,4-7,10H2,1-3H3. The van der Waals surface area contributed by atoms with Gasteiger partial charge in [0.05, 0.1) is 5.01 Å². The Balaban J connectivity index is 1.94.